The van der Waals surface area contributed by atoms with Gasteiger partial charge in [0.1, 0.15) is 11.4 Å². The average molecular weight is 370 g/mol. The van der Waals surface area contributed by atoms with Crippen LogP contribution in [0.15, 0.2) is 36.5 Å². The van der Waals surface area contributed by atoms with Crippen molar-refractivity contribution < 1.29 is 9.53 Å². The van der Waals surface area contributed by atoms with E-state index in [1.807, 2.05) is 35.1 Å². The van der Waals surface area contributed by atoms with Crippen molar-refractivity contribution >= 4 is 5.91 Å². The maximum absolute atomic E-state index is 12.5. The van der Waals surface area contributed by atoms with Crippen LogP contribution in [0.4, 0.5) is 0 Å². The lowest BCUT2D eigenvalue weighted by Crippen LogP contribution is -2.32. The number of carbonyl (C=O) groups is 1. The van der Waals surface area contributed by atoms with Gasteiger partial charge in [0, 0.05) is 24.8 Å². The van der Waals surface area contributed by atoms with Crippen molar-refractivity contribution in [3.8, 4) is 5.75 Å². The highest BCUT2D eigenvalue weighted by atomic mass is 16.5. The number of nitrogens with one attached hydrogen (secondary N) is 2. The number of piperidine rings is 1. The van der Waals surface area contributed by atoms with Crippen LogP contribution in [0.1, 0.15) is 55.2 Å². The number of para-hydroxylation sites is 1. The van der Waals surface area contributed by atoms with E-state index in [9.17, 15) is 4.79 Å². The SMILES string of the molecule is CC(C)CCOc1ccccc1CNC(=O)c1ccn(C2CCCNC2)n1. The van der Waals surface area contributed by atoms with Crippen LogP contribution in [0.2, 0.25) is 0 Å². The molecule has 27 heavy (non-hydrogen) atoms. The number of benzene rings is 1. The number of ether oxygens (including phenoxy) is 1. The smallest absolute Gasteiger partial charge is 0.272 e. The molecule has 6 nitrogen and oxygen atoms in total. The van der Waals surface area contributed by atoms with Crippen LogP contribution in [-0.4, -0.2) is 35.4 Å². The fraction of sp³-hybridized carbons (Fsp3) is 0.524. The fourth-order valence-corrected chi connectivity index (χ4v) is 3.18. The average Bonchev–Trinajstić information content (AvgIpc) is 3.18. The third-order valence-corrected chi connectivity index (χ3v) is 4.85. The number of aromatic nitrogens is 2. The molecule has 0 spiro atoms. The highest BCUT2D eigenvalue weighted by Crippen LogP contribution is 2.19. The molecule has 0 aliphatic carbocycles. The van der Waals surface area contributed by atoms with Crippen molar-refractivity contribution in [1.29, 1.82) is 0 Å². The van der Waals surface area contributed by atoms with Crippen LogP contribution < -0.4 is 15.4 Å². The third kappa shape index (κ3) is 5.57. The molecule has 1 saturated heterocycles. The molecule has 1 aromatic carbocycles. The third-order valence-electron chi connectivity index (χ3n) is 4.85. The molecule has 1 atom stereocenters. The fourth-order valence-electron chi connectivity index (χ4n) is 3.18. The van der Waals surface area contributed by atoms with Crippen LogP contribution in [0.25, 0.3) is 0 Å². The zero-order valence-corrected chi connectivity index (χ0v) is 16.3. The summed E-state index contributed by atoms with van der Waals surface area (Å²) in [7, 11) is 0. The van der Waals surface area contributed by atoms with Crippen molar-refractivity contribution in [2.45, 2.75) is 45.7 Å². The van der Waals surface area contributed by atoms with Crippen LogP contribution >= 0.6 is 0 Å². The van der Waals surface area contributed by atoms with Crippen LogP contribution in [0.3, 0.4) is 0 Å². The van der Waals surface area contributed by atoms with Gasteiger partial charge in [0.05, 0.1) is 12.6 Å². The molecule has 2 heterocycles. The lowest BCUT2D eigenvalue weighted by Gasteiger charge is -2.22. The number of hydrogen-bond acceptors (Lipinski definition) is 4. The zero-order chi connectivity index (χ0) is 19.1. The molecular weight excluding hydrogens is 340 g/mol. The van der Waals surface area contributed by atoms with Crippen molar-refractivity contribution in [2.24, 2.45) is 5.92 Å². The second kappa shape index (κ2) is 9.55. The Morgan fingerprint density at radius 2 is 2.22 bits per heavy atom. The molecule has 2 aromatic rings. The molecule has 1 aromatic heterocycles. The summed E-state index contributed by atoms with van der Waals surface area (Å²) in [6.45, 7) is 7.43. The summed E-state index contributed by atoms with van der Waals surface area (Å²) >= 11 is 0. The van der Waals surface area contributed by atoms with Crippen molar-refractivity contribution in [3.63, 3.8) is 0 Å². The first-order valence-corrected chi connectivity index (χ1v) is 9.88. The van der Waals surface area contributed by atoms with Crippen LogP contribution in [-0.2, 0) is 6.54 Å². The molecule has 6 heteroatoms. The lowest BCUT2D eigenvalue weighted by molar-refractivity contribution is 0.0944. The van der Waals surface area contributed by atoms with Crippen molar-refractivity contribution in [2.75, 3.05) is 19.7 Å². The standard InChI is InChI=1S/C21H30N4O2/c1-16(2)10-13-27-20-8-4-3-6-17(20)14-23-21(26)19-9-12-25(24-19)18-7-5-11-22-15-18/h3-4,6,8-9,12,16,18,22H,5,7,10-11,13-15H2,1-2H3,(H,23,26). The van der Waals surface area contributed by atoms with E-state index in [0.717, 1.165) is 43.7 Å². The van der Waals surface area contributed by atoms with E-state index >= 15 is 0 Å². The van der Waals surface area contributed by atoms with Gasteiger partial charge in [0.2, 0.25) is 0 Å². The number of rotatable bonds is 8. The van der Waals surface area contributed by atoms with Crippen LogP contribution in [0, 0.1) is 5.92 Å². The summed E-state index contributed by atoms with van der Waals surface area (Å²) in [4.78, 5) is 12.5. The molecule has 1 aliphatic rings. The molecule has 3 rings (SSSR count). The van der Waals surface area contributed by atoms with Crippen molar-refractivity contribution in [1.82, 2.24) is 20.4 Å². The van der Waals surface area contributed by atoms with Gasteiger partial charge < -0.3 is 15.4 Å². The van der Waals surface area contributed by atoms with Crippen LogP contribution in [0.5, 0.6) is 5.75 Å². The highest BCUT2D eigenvalue weighted by molar-refractivity contribution is 5.92. The normalized spacial score (nSPS) is 17.1. The first-order valence-electron chi connectivity index (χ1n) is 9.88. The van der Waals surface area contributed by atoms with Gasteiger partial charge in [-0.25, -0.2) is 0 Å². The van der Waals surface area contributed by atoms with Gasteiger partial charge in [-0.2, -0.15) is 5.10 Å². The minimum Gasteiger partial charge on any atom is -0.493 e. The van der Waals surface area contributed by atoms with E-state index in [1.54, 1.807) is 6.07 Å². The molecular formula is C21H30N4O2. The monoisotopic (exact) mass is 370 g/mol. The van der Waals surface area contributed by atoms with E-state index in [4.69, 9.17) is 4.74 Å². The summed E-state index contributed by atoms with van der Waals surface area (Å²) < 4.78 is 7.80. The molecule has 1 amide bonds. The van der Waals surface area contributed by atoms with Gasteiger partial charge in [0.25, 0.3) is 5.91 Å². The zero-order valence-electron chi connectivity index (χ0n) is 16.3. The summed E-state index contributed by atoms with van der Waals surface area (Å²) in [5.74, 6) is 1.28. The molecule has 1 aliphatic heterocycles. The summed E-state index contributed by atoms with van der Waals surface area (Å²) in [5.41, 5.74) is 1.43. The Morgan fingerprint density at radius 1 is 1.37 bits per heavy atom. The molecule has 0 radical (unpaired) electrons. The Morgan fingerprint density at radius 3 is 3.00 bits per heavy atom. The van der Waals surface area contributed by atoms with E-state index in [1.165, 1.54) is 0 Å². The predicted molar refractivity (Wildman–Crippen MR) is 106 cm³/mol. The lowest BCUT2D eigenvalue weighted by atomic mass is 10.1. The Kier molecular flexibility index (Phi) is 6.87. The van der Waals surface area contributed by atoms with Gasteiger partial charge in [-0.05, 0) is 43.9 Å². The van der Waals surface area contributed by atoms with Gasteiger partial charge in [0.15, 0.2) is 0 Å². The quantitative estimate of drug-likeness (QED) is 0.749. The maximum Gasteiger partial charge on any atom is 0.272 e. The predicted octanol–water partition coefficient (Wildman–Crippen LogP) is 3.16. The number of carbonyl (C=O) groups excluding carboxylic acids is 1. The second-order valence-corrected chi connectivity index (χ2v) is 7.50. The number of nitrogens with zero attached hydrogens (tertiary/aromatic N) is 2. The molecule has 146 valence electrons. The summed E-state index contributed by atoms with van der Waals surface area (Å²) in [6, 6.07) is 9.96. The molecule has 0 bridgehead atoms. The molecule has 1 fully saturated rings. The summed E-state index contributed by atoms with van der Waals surface area (Å²) in [6.07, 6.45) is 5.14. The second-order valence-electron chi connectivity index (χ2n) is 7.50. The van der Waals surface area contributed by atoms with Gasteiger partial charge in [-0.1, -0.05) is 32.0 Å². The molecule has 1 unspecified atom stereocenters. The number of hydrogen-bond donors (Lipinski definition) is 2. The first-order chi connectivity index (χ1) is 13.1. The Labute approximate surface area is 161 Å². The van der Waals surface area contributed by atoms with Gasteiger partial charge >= 0.3 is 0 Å². The first kappa shape index (κ1) is 19.4. The maximum atomic E-state index is 12.5. The van der Waals surface area contributed by atoms with Gasteiger partial charge in [-0.3, -0.25) is 9.48 Å². The van der Waals surface area contributed by atoms with E-state index in [-0.39, 0.29) is 5.91 Å². The minimum atomic E-state index is -0.158. The largest absolute Gasteiger partial charge is 0.493 e. The van der Waals surface area contributed by atoms with Crippen molar-refractivity contribution in [3.05, 3.63) is 47.8 Å². The van der Waals surface area contributed by atoms with E-state index in [2.05, 4.69) is 29.6 Å². The molecule has 0 saturated carbocycles. The Hall–Kier alpha value is -2.34. The highest BCUT2D eigenvalue weighted by Gasteiger charge is 2.17. The summed E-state index contributed by atoms with van der Waals surface area (Å²) in [5, 5.41) is 10.8. The topological polar surface area (TPSA) is 68.2 Å². The van der Waals surface area contributed by atoms with E-state index in [0.29, 0.717) is 30.8 Å². The Bertz CT molecular complexity index is 735. The minimum absolute atomic E-state index is 0.158. The Balaban J connectivity index is 1.55. The number of amides is 1. The van der Waals surface area contributed by atoms with E-state index < -0.39 is 0 Å². The molecule has 2 N–H and O–H groups in total. The van der Waals surface area contributed by atoms with Gasteiger partial charge in [-0.15, -0.1) is 0 Å².